The van der Waals surface area contributed by atoms with E-state index in [4.69, 9.17) is 21.1 Å². The number of aromatic carboxylic acids is 1. The van der Waals surface area contributed by atoms with E-state index in [9.17, 15) is 19.2 Å². The molecule has 5 rings (SSSR count). The van der Waals surface area contributed by atoms with Gasteiger partial charge in [-0.15, -0.1) is 5.10 Å². The summed E-state index contributed by atoms with van der Waals surface area (Å²) in [6.07, 6.45) is 4.50. The second kappa shape index (κ2) is 12.8. The van der Waals surface area contributed by atoms with Crippen LogP contribution in [0.5, 0.6) is 0 Å². The fraction of sp³-hybridized carbons (Fsp3) is 0.0690. The molecule has 1 unspecified atom stereocenters. The summed E-state index contributed by atoms with van der Waals surface area (Å²) >= 11 is 6.10. The van der Waals surface area contributed by atoms with Crippen LogP contribution in [0.1, 0.15) is 15.9 Å². The Kier molecular flexibility index (Phi) is 8.53. The molecule has 216 valence electrons. The summed E-state index contributed by atoms with van der Waals surface area (Å²) in [5, 5.41) is 28.0. The Bertz CT molecular complexity index is 1760. The third kappa shape index (κ3) is 7.10. The molecule has 14 heteroatoms. The molecule has 0 bridgehead atoms. The number of carboxylic acid groups (broad SMARTS) is 1. The van der Waals surface area contributed by atoms with Crippen LogP contribution >= 0.6 is 11.6 Å². The molecule has 0 radical (unpaired) electrons. The number of anilines is 2. The molecule has 4 N–H and O–H groups in total. The first-order chi connectivity index (χ1) is 20.8. The number of hydrogen-bond acceptors (Lipinski definition) is 8. The predicted molar refractivity (Wildman–Crippen MR) is 155 cm³/mol. The molecule has 5 aromatic rings. The standard InChI is InChI=1S/C29H22ClN7O6/c30-21-7-10-25(37-16-31-35-36-37)23(14-21)33-27(39)28(40)34-24(26(38)32-22-8-5-19(6-9-22)29(41)42)13-17-1-3-18(4-2-17)20-11-12-43-15-20/h1-12,14-16,24H,13H2,(H,32,38)(H,33,39)(H,34,40)(H,41,42). The van der Waals surface area contributed by atoms with Gasteiger partial charge < -0.3 is 25.5 Å². The molecule has 0 aliphatic carbocycles. The maximum absolute atomic E-state index is 13.3. The summed E-state index contributed by atoms with van der Waals surface area (Å²) in [4.78, 5) is 50.5. The number of rotatable bonds is 9. The van der Waals surface area contributed by atoms with E-state index in [1.165, 1.54) is 41.3 Å². The molecule has 2 aromatic heterocycles. The normalized spacial score (nSPS) is 11.4. The number of nitrogens with one attached hydrogen (secondary N) is 3. The van der Waals surface area contributed by atoms with Crippen LogP contribution in [-0.2, 0) is 20.8 Å². The van der Waals surface area contributed by atoms with Crippen molar-refractivity contribution in [2.45, 2.75) is 12.5 Å². The number of aromatic nitrogens is 4. The number of furan rings is 1. The highest BCUT2D eigenvalue weighted by Gasteiger charge is 2.26. The molecule has 0 aliphatic rings. The van der Waals surface area contributed by atoms with E-state index < -0.39 is 29.7 Å². The monoisotopic (exact) mass is 599 g/mol. The van der Waals surface area contributed by atoms with Gasteiger partial charge in [-0.3, -0.25) is 14.4 Å². The van der Waals surface area contributed by atoms with Gasteiger partial charge in [0.1, 0.15) is 12.4 Å². The molecule has 3 amide bonds. The largest absolute Gasteiger partial charge is 0.478 e. The number of carboxylic acids is 1. The van der Waals surface area contributed by atoms with Gasteiger partial charge in [-0.2, -0.15) is 4.68 Å². The number of amides is 3. The van der Waals surface area contributed by atoms with Gasteiger partial charge in [-0.25, -0.2) is 4.79 Å². The van der Waals surface area contributed by atoms with Crippen LogP contribution in [0, 0.1) is 0 Å². The third-order valence-electron chi connectivity index (χ3n) is 6.28. The molecular formula is C29H22ClN7O6. The summed E-state index contributed by atoms with van der Waals surface area (Å²) in [5.74, 6) is -3.88. The zero-order valence-corrected chi connectivity index (χ0v) is 22.9. The molecule has 2 heterocycles. The molecule has 0 fully saturated rings. The van der Waals surface area contributed by atoms with Gasteiger partial charge in [0.05, 0.1) is 29.5 Å². The molecule has 0 spiro atoms. The first kappa shape index (κ1) is 28.7. The van der Waals surface area contributed by atoms with Crippen molar-refractivity contribution in [1.82, 2.24) is 25.5 Å². The van der Waals surface area contributed by atoms with Crippen molar-refractivity contribution in [1.29, 1.82) is 0 Å². The second-order valence-corrected chi connectivity index (χ2v) is 9.62. The van der Waals surface area contributed by atoms with Crippen molar-refractivity contribution in [3.05, 3.63) is 108 Å². The average molecular weight is 600 g/mol. The van der Waals surface area contributed by atoms with Crippen molar-refractivity contribution in [3.63, 3.8) is 0 Å². The lowest BCUT2D eigenvalue weighted by atomic mass is 10.0. The number of nitrogens with zero attached hydrogens (tertiary/aromatic N) is 4. The Morgan fingerprint density at radius 1 is 0.907 bits per heavy atom. The first-order valence-corrected chi connectivity index (χ1v) is 13.0. The highest BCUT2D eigenvalue weighted by atomic mass is 35.5. The summed E-state index contributed by atoms with van der Waals surface area (Å²) in [6.45, 7) is 0. The Labute approximate surface area is 248 Å². The van der Waals surface area contributed by atoms with Crippen molar-refractivity contribution in [3.8, 4) is 16.8 Å². The Hall–Kier alpha value is -5.82. The number of halogens is 1. The molecule has 0 aliphatic heterocycles. The van der Waals surface area contributed by atoms with E-state index in [2.05, 4.69) is 31.5 Å². The lowest BCUT2D eigenvalue weighted by Gasteiger charge is -2.19. The van der Waals surface area contributed by atoms with Gasteiger partial charge in [-0.1, -0.05) is 35.9 Å². The Morgan fingerprint density at radius 2 is 1.67 bits per heavy atom. The van der Waals surface area contributed by atoms with Crippen molar-refractivity contribution < 1.29 is 28.7 Å². The lowest BCUT2D eigenvalue weighted by molar-refractivity contribution is -0.137. The minimum absolute atomic E-state index is 0.0385. The summed E-state index contributed by atoms with van der Waals surface area (Å²) in [6, 6.07) is 18.0. The van der Waals surface area contributed by atoms with Crippen LogP contribution < -0.4 is 16.0 Å². The van der Waals surface area contributed by atoms with E-state index in [1.807, 2.05) is 18.2 Å². The van der Waals surface area contributed by atoms with Crippen LogP contribution in [0.2, 0.25) is 5.02 Å². The van der Waals surface area contributed by atoms with Gasteiger partial charge >= 0.3 is 17.8 Å². The van der Waals surface area contributed by atoms with E-state index in [0.29, 0.717) is 16.9 Å². The topological polar surface area (TPSA) is 181 Å². The van der Waals surface area contributed by atoms with E-state index >= 15 is 0 Å². The molecule has 43 heavy (non-hydrogen) atoms. The molecule has 0 saturated carbocycles. The van der Waals surface area contributed by atoms with Crippen LogP contribution in [0.4, 0.5) is 11.4 Å². The minimum Gasteiger partial charge on any atom is -0.478 e. The van der Waals surface area contributed by atoms with Crippen LogP contribution in [0.25, 0.3) is 16.8 Å². The van der Waals surface area contributed by atoms with E-state index in [-0.39, 0.29) is 22.7 Å². The smallest absolute Gasteiger partial charge is 0.335 e. The molecule has 13 nitrogen and oxygen atoms in total. The maximum Gasteiger partial charge on any atom is 0.335 e. The third-order valence-corrected chi connectivity index (χ3v) is 6.51. The SMILES string of the molecule is O=C(Nc1cc(Cl)ccc1-n1cnnn1)C(=O)NC(Cc1ccc(-c2ccoc2)cc1)C(=O)Nc1ccc(C(=O)O)cc1. The highest BCUT2D eigenvalue weighted by Crippen LogP contribution is 2.24. The molecule has 1 atom stereocenters. The van der Waals surface area contributed by atoms with Gasteiger partial charge in [0.2, 0.25) is 5.91 Å². The number of tetrazole rings is 1. The highest BCUT2D eigenvalue weighted by molar-refractivity contribution is 6.40. The van der Waals surface area contributed by atoms with Gasteiger partial charge in [-0.05, 0) is 70.1 Å². The van der Waals surface area contributed by atoms with Gasteiger partial charge in [0.15, 0.2) is 0 Å². The number of carbonyl (C=O) groups excluding carboxylic acids is 3. The van der Waals surface area contributed by atoms with E-state index in [1.54, 1.807) is 36.8 Å². The lowest BCUT2D eigenvalue weighted by Crippen LogP contribution is -2.49. The average Bonchev–Trinajstić information content (AvgIpc) is 3.73. The molecular weight excluding hydrogens is 578 g/mol. The first-order valence-electron chi connectivity index (χ1n) is 12.7. The summed E-state index contributed by atoms with van der Waals surface area (Å²) < 4.78 is 6.41. The zero-order valence-electron chi connectivity index (χ0n) is 22.1. The molecule has 3 aromatic carbocycles. The second-order valence-electron chi connectivity index (χ2n) is 9.18. The van der Waals surface area contributed by atoms with Crippen molar-refractivity contribution >= 4 is 46.7 Å². The number of carbonyl (C=O) groups is 4. The van der Waals surface area contributed by atoms with Crippen LogP contribution in [0.3, 0.4) is 0 Å². The minimum atomic E-state index is -1.18. The predicted octanol–water partition coefficient (Wildman–Crippen LogP) is 3.58. The number of hydrogen-bond donors (Lipinski definition) is 4. The fourth-order valence-electron chi connectivity index (χ4n) is 4.12. The van der Waals surface area contributed by atoms with Crippen LogP contribution in [-0.4, -0.2) is 55.0 Å². The van der Waals surface area contributed by atoms with Crippen LogP contribution in [0.15, 0.2) is 96.1 Å². The zero-order chi connectivity index (χ0) is 30.3. The summed E-state index contributed by atoms with van der Waals surface area (Å²) in [5.41, 5.74) is 3.32. The Morgan fingerprint density at radius 3 is 2.33 bits per heavy atom. The van der Waals surface area contributed by atoms with Crippen molar-refractivity contribution in [2.24, 2.45) is 0 Å². The maximum atomic E-state index is 13.3. The molecule has 0 saturated heterocycles. The van der Waals surface area contributed by atoms with Gasteiger partial charge in [0, 0.05) is 22.7 Å². The fourth-order valence-corrected chi connectivity index (χ4v) is 4.29. The summed E-state index contributed by atoms with van der Waals surface area (Å²) in [7, 11) is 0. The van der Waals surface area contributed by atoms with Gasteiger partial charge in [0.25, 0.3) is 0 Å². The number of benzene rings is 3. The Balaban J connectivity index is 1.34. The van der Waals surface area contributed by atoms with Crippen molar-refractivity contribution in [2.75, 3.05) is 10.6 Å². The van der Waals surface area contributed by atoms with E-state index in [0.717, 1.165) is 11.1 Å². The quantitative estimate of drug-likeness (QED) is 0.184.